The summed E-state index contributed by atoms with van der Waals surface area (Å²) in [5.74, 6) is 0.522. The van der Waals surface area contributed by atoms with E-state index < -0.39 is 0 Å². The van der Waals surface area contributed by atoms with Gasteiger partial charge in [-0.25, -0.2) is 4.98 Å². The molecule has 3 rings (SSSR count). The van der Waals surface area contributed by atoms with Crippen LogP contribution < -0.4 is 16.0 Å². The van der Waals surface area contributed by atoms with Crippen molar-refractivity contribution < 1.29 is 4.79 Å². The Balaban J connectivity index is 1.77. The lowest BCUT2D eigenvalue weighted by Crippen LogP contribution is -2.07. The fourth-order valence-electron chi connectivity index (χ4n) is 2.13. The van der Waals surface area contributed by atoms with Gasteiger partial charge in [-0.2, -0.15) is 10.1 Å². The Morgan fingerprint density at radius 2 is 2.04 bits per heavy atom. The van der Waals surface area contributed by atoms with E-state index in [4.69, 9.17) is 11.6 Å². The number of amides is 1. The van der Waals surface area contributed by atoms with E-state index in [1.807, 2.05) is 13.1 Å². The predicted molar refractivity (Wildman–Crippen MR) is 102 cm³/mol. The summed E-state index contributed by atoms with van der Waals surface area (Å²) < 4.78 is 1.67. The Kier molecular flexibility index (Phi) is 5.14. The van der Waals surface area contributed by atoms with Crippen LogP contribution in [0.4, 0.5) is 28.8 Å². The van der Waals surface area contributed by atoms with Crippen molar-refractivity contribution >= 4 is 46.3 Å². The lowest BCUT2D eigenvalue weighted by Gasteiger charge is -2.10. The summed E-state index contributed by atoms with van der Waals surface area (Å²) in [6.07, 6.45) is 6.17. The molecule has 2 heterocycles. The Labute approximate surface area is 154 Å². The third kappa shape index (κ3) is 4.37. The third-order valence-corrected chi connectivity index (χ3v) is 3.56. The van der Waals surface area contributed by atoms with E-state index in [1.54, 1.807) is 35.3 Å². The molecule has 0 fully saturated rings. The molecule has 1 aromatic carbocycles. The number of carbonyl (C=O) groups excluding carboxylic acids is 1. The Morgan fingerprint density at radius 1 is 1.23 bits per heavy atom. The number of aromatic nitrogens is 4. The zero-order chi connectivity index (χ0) is 18.5. The molecule has 3 aromatic rings. The molecule has 0 aliphatic rings. The van der Waals surface area contributed by atoms with Gasteiger partial charge in [-0.05, 0) is 24.3 Å². The van der Waals surface area contributed by atoms with Crippen LogP contribution in [0.2, 0.25) is 5.02 Å². The van der Waals surface area contributed by atoms with Gasteiger partial charge in [0.2, 0.25) is 11.9 Å². The predicted octanol–water partition coefficient (Wildman–Crippen LogP) is 3.48. The first-order chi connectivity index (χ1) is 12.5. The number of carbonyl (C=O) groups is 1. The smallest absolute Gasteiger partial charge is 0.247 e. The Bertz CT molecular complexity index is 954. The van der Waals surface area contributed by atoms with Crippen molar-refractivity contribution in [1.82, 2.24) is 19.7 Å². The maximum atomic E-state index is 11.4. The zero-order valence-corrected chi connectivity index (χ0v) is 14.7. The van der Waals surface area contributed by atoms with E-state index in [2.05, 4.69) is 37.6 Å². The van der Waals surface area contributed by atoms with Crippen LogP contribution in [0.25, 0.3) is 0 Å². The number of nitrogens with one attached hydrogen (secondary N) is 3. The van der Waals surface area contributed by atoms with Gasteiger partial charge in [-0.3, -0.25) is 9.48 Å². The van der Waals surface area contributed by atoms with Crippen LogP contribution in [0.3, 0.4) is 0 Å². The zero-order valence-electron chi connectivity index (χ0n) is 13.9. The highest BCUT2D eigenvalue weighted by Gasteiger charge is 2.08. The van der Waals surface area contributed by atoms with Crippen LogP contribution in [0, 0.1) is 0 Å². The fraction of sp³-hybridized carbons (Fsp3) is 0.0588. The van der Waals surface area contributed by atoms with Crippen molar-refractivity contribution in [3.05, 3.63) is 60.5 Å². The lowest BCUT2D eigenvalue weighted by atomic mass is 10.2. The highest BCUT2D eigenvalue weighted by atomic mass is 35.5. The van der Waals surface area contributed by atoms with Crippen LogP contribution in [0.5, 0.6) is 0 Å². The first-order valence-electron chi connectivity index (χ1n) is 7.62. The average Bonchev–Trinajstić information content (AvgIpc) is 3.03. The first kappa shape index (κ1) is 17.4. The average molecular weight is 370 g/mol. The molecular formula is C17H16ClN7O. The van der Waals surface area contributed by atoms with Gasteiger partial charge in [0.25, 0.3) is 0 Å². The van der Waals surface area contributed by atoms with E-state index >= 15 is 0 Å². The molecule has 0 aliphatic heterocycles. The van der Waals surface area contributed by atoms with Gasteiger partial charge in [-0.15, -0.1) is 0 Å². The lowest BCUT2D eigenvalue weighted by molar-refractivity contribution is -0.111. The number of rotatable bonds is 6. The minimum atomic E-state index is -0.284. The molecule has 0 unspecified atom stereocenters. The van der Waals surface area contributed by atoms with E-state index in [0.29, 0.717) is 28.2 Å². The minimum absolute atomic E-state index is 0.284. The van der Waals surface area contributed by atoms with Crippen LogP contribution in [0.1, 0.15) is 0 Å². The SMILES string of the molecule is C=CC(=O)Nc1cccc(Nc2ncc(Cl)c(Nc3cnn(C)c3)n2)c1. The van der Waals surface area contributed by atoms with Crippen molar-refractivity contribution in [1.29, 1.82) is 0 Å². The number of hydrogen-bond donors (Lipinski definition) is 3. The third-order valence-electron chi connectivity index (χ3n) is 3.28. The fourth-order valence-corrected chi connectivity index (χ4v) is 2.27. The van der Waals surface area contributed by atoms with Gasteiger partial charge < -0.3 is 16.0 Å². The molecule has 0 radical (unpaired) electrons. The van der Waals surface area contributed by atoms with Crippen LogP contribution >= 0.6 is 11.6 Å². The van der Waals surface area contributed by atoms with Crippen LogP contribution in [-0.4, -0.2) is 25.7 Å². The standard InChI is InChI=1S/C17H16ClN7O/c1-3-15(26)21-11-5-4-6-12(7-11)23-17-19-9-14(18)16(24-17)22-13-8-20-25(2)10-13/h3-10H,1H2,2H3,(H,21,26)(H2,19,22,23,24). The number of aryl methyl sites for hydroxylation is 1. The number of anilines is 5. The quantitative estimate of drug-likeness (QED) is 0.575. The van der Waals surface area contributed by atoms with Gasteiger partial charge in [0.15, 0.2) is 5.82 Å². The summed E-state index contributed by atoms with van der Waals surface area (Å²) >= 11 is 6.16. The molecule has 26 heavy (non-hydrogen) atoms. The molecule has 1 amide bonds. The second kappa shape index (κ2) is 7.66. The maximum Gasteiger partial charge on any atom is 0.247 e. The summed E-state index contributed by atoms with van der Waals surface area (Å²) in [4.78, 5) is 19.9. The number of hydrogen-bond acceptors (Lipinski definition) is 6. The van der Waals surface area contributed by atoms with Crippen molar-refractivity contribution in [3.63, 3.8) is 0 Å². The van der Waals surface area contributed by atoms with E-state index in [1.165, 1.54) is 12.3 Å². The summed E-state index contributed by atoms with van der Waals surface area (Å²) in [6.45, 7) is 3.43. The molecule has 8 nitrogen and oxygen atoms in total. The first-order valence-corrected chi connectivity index (χ1v) is 8.00. The summed E-state index contributed by atoms with van der Waals surface area (Å²) in [7, 11) is 1.82. The largest absolute Gasteiger partial charge is 0.336 e. The van der Waals surface area contributed by atoms with Crippen molar-refractivity contribution in [3.8, 4) is 0 Å². The van der Waals surface area contributed by atoms with Gasteiger partial charge >= 0.3 is 0 Å². The Hall–Kier alpha value is -3.39. The number of halogens is 1. The van der Waals surface area contributed by atoms with Gasteiger partial charge in [-0.1, -0.05) is 24.2 Å². The molecule has 0 saturated heterocycles. The number of benzene rings is 1. The van der Waals surface area contributed by atoms with Crippen LogP contribution in [-0.2, 0) is 11.8 Å². The Morgan fingerprint density at radius 3 is 2.77 bits per heavy atom. The van der Waals surface area contributed by atoms with Gasteiger partial charge in [0.1, 0.15) is 5.02 Å². The van der Waals surface area contributed by atoms with Crippen LogP contribution in [0.15, 0.2) is 55.5 Å². The number of nitrogens with zero attached hydrogens (tertiary/aromatic N) is 4. The molecule has 0 saturated carbocycles. The maximum absolute atomic E-state index is 11.4. The monoisotopic (exact) mass is 369 g/mol. The summed E-state index contributed by atoms with van der Waals surface area (Å²) in [5.41, 5.74) is 2.09. The van der Waals surface area contributed by atoms with Crippen molar-refractivity contribution in [2.75, 3.05) is 16.0 Å². The van der Waals surface area contributed by atoms with Crippen molar-refractivity contribution in [2.45, 2.75) is 0 Å². The molecule has 0 aliphatic carbocycles. The second-order valence-electron chi connectivity index (χ2n) is 5.32. The molecule has 3 N–H and O–H groups in total. The molecule has 0 bridgehead atoms. The summed E-state index contributed by atoms with van der Waals surface area (Å²) in [6, 6.07) is 7.15. The topological polar surface area (TPSA) is 96.8 Å². The summed E-state index contributed by atoms with van der Waals surface area (Å²) in [5, 5.41) is 13.3. The second-order valence-corrected chi connectivity index (χ2v) is 5.72. The highest BCUT2D eigenvalue weighted by Crippen LogP contribution is 2.25. The molecule has 0 spiro atoms. The molecule has 0 atom stereocenters. The normalized spacial score (nSPS) is 10.2. The molecule has 9 heteroatoms. The molecule has 2 aromatic heterocycles. The van der Waals surface area contributed by atoms with Gasteiger partial charge in [0, 0.05) is 24.6 Å². The molecular weight excluding hydrogens is 354 g/mol. The van der Waals surface area contributed by atoms with Gasteiger partial charge in [0.05, 0.1) is 18.1 Å². The van der Waals surface area contributed by atoms with Crippen molar-refractivity contribution in [2.24, 2.45) is 7.05 Å². The van der Waals surface area contributed by atoms with E-state index in [0.717, 1.165) is 5.69 Å². The molecule has 132 valence electrons. The van der Waals surface area contributed by atoms with E-state index in [-0.39, 0.29) is 5.91 Å². The highest BCUT2D eigenvalue weighted by molar-refractivity contribution is 6.32. The van der Waals surface area contributed by atoms with E-state index in [9.17, 15) is 4.79 Å². The minimum Gasteiger partial charge on any atom is -0.336 e.